The zero-order valence-corrected chi connectivity index (χ0v) is 11.1. The molecule has 0 aromatic carbocycles. The Balaban J connectivity index is 2.02. The Bertz CT molecular complexity index is 368. The topological polar surface area (TPSA) is 47.3 Å². The van der Waals surface area contributed by atoms with Gasteiger partial charge in [0.25, 0.3) is 0 Å². The summed E-state index contributed by atoms with van der Waals surface area (Å²) in [6.07, 6.45) is 4.05. The van der Waals surface area contributed by atoms with Gasteiger partial charge in [0.15, 0.2) is 12.2 Å². The Labute approximate surface area is 103 Å². The van der Waals surface area contributed by atoms with Crippen molar-refractivity contribution >= 4 is 0 Å². The van der Waals surface area contributed by atoms with Gasteiger partial charge < -0.3 is 14.5 Å². The van der Waals surface area contributed by atoms with Crippen molar-refractivity contribution in [1.82, 2.24) is 10.3 Å². The smallest absolute Gasteiger partial charge is 0.181 e. The van der Waals surface area contributed by atoms with Crippen LogP contribution in [0.4, 0.5) is 0 Å². The van der Waals surface area contributed by atoms with E-state index in [1.54, 1.807) is 0 Å². The lowest BCUT2D eigenvalue weighted by molar-refractivity contribution is 0.0416. The van der Waals surface area contributed by atoms with E-state index in [2.05, 4.69) is 38.0 Å². The van der Waals surface area contributed by atoms with Gasteiger partial charge in [-0.2, -0.15) is 0 Å². The van der Waals surface area contributed by atoms with E-state index < -0.39 is 0 Å². The molecule has 4 nitrogen and oxygen atoms in total. The van der Waals surface area contributed by atoms with Crippen LogP contribution in [-0.2, 0) is 11.3 Å². The molecule has 1 saturated heterocycles. The maximum absolute atomic E-state index is 5.82. The lowest BCUT2D eigenvalue weighted by atomic mass is 10.1. The first kappa shape index (κ1) is 12.6. The summed E-state index contributed by atoms with van der Waals surface area (Å²) >= 11 is 0. The molecule has 1 aliphatic heterocycles. The third-order valence-electron chi connectivity index (χ3n) is 2.98. The number of ether oxygens (including phenoxy) is 1. The number of nitrogens with one attached hydrogen (secondary N) is 1. The second-order valence-corrected chi connectivity index (χ2v) is 5.78. The van der Waals surface area contributed by atoms with Gasteiger partial charge in [-0.15, -0.1) is 0 Å². The van der Waals surface area contributed by atoms with Crippen LogP contribution in [0.15, 0.2) is 10.8 Å². The van der Waals surface area contributed by atoms with Crippen molar-refractivity contribution in [2.24, 2.45) is 0 Å². The second kappa shape index (κ2) is 4.78. The largest absolute Gasteiger partial charge is 0.445 e. The quantitative estimate of drug-likeness (QED) is 0.879. The zero-order chi connectivity index (χ0) is 12.5. The monoisotopic (exact) mass is 238 g/mol. The molecule has 0 amide bonds. The lowest BCUT2D eigenvalue weighted by Gasteiger charge is -2.20. The molecular weight excluding hydrogens is 216 g/mol. The van der Waals surface area contributed by atoms with Gasteiger partial charge in [-0.05, 0) is 40.5 Å². The van der Waals surface area contributed by atoms with Crippen LogP contribution < -0.4 is 5.32 Å². The maximum Gasteiger partial charge on any atom is 0.181 e. The molecule has 2 atom stereocenters. The van der Waals surface area contributed by atoms with Crippen LogP contribution in [-0.4, -0.2) is 16.6 Å². The summed E-state index contributed by atoms with van der Waals surface area (Å²) in [5.41, 5.74) is 1.05. The van der Waals surface area contributed by atoms with Crippen molar-refractivity contribution in [3.8, 4) is 0 Å². The molecule has 96 valence electrons. The molecule has 0 aliphatic carbocycles. The van der Waals surface area contributed by atoms with Gasteiger partial charge >= 0.3 is 0 Å². The van der Waals surface area contributed by atoms with E-state index in [0.717, 1.165) is 30.8 Å². The van der Waals surface area contributed by atoms with Crippen LogP contribution in [0.3, 0.4) is 0 Å². The molecule has 0 radical (unpaired) electrons. The maximum atomic E-state index is 5.82. The Morgan fingerprint density at radius 3 is 2.76 bits per heavy atom. The summed E-state index contributed by atoms with van der Waals surface area (Å²) in [4.78, 5) is 4.28. The first-order valence-corrected chi connectivity index (χ1v) is 6.28. The standard InChI is InChI=1S/C13H22N2O2/c1-9-5-6-11(17-9)12-10(14-8-16-12)7-15-13(2,3)4/h8-9,11,15H,5-7H2,1-4H3. The molecule has 17 heavy (non-hydrogen) atoms. The highest BCUT2D eigenvalue weighted by Crippen LogP contribution is 2.34. The number of nitrogens with zero attached hydrogens (tertiary/aromatic N) is 1. The molecule has 2 unspecified atom stereocenters. The highest BCUT2D eigenvalue weighted by atomic mass is 16.5. The van der Waals surface area contributed by atoms with Gasteiger partial charge in [0.1, 0.15) is 6.10 Å². The SMILES string of the molecule is CC1CCC(c2ocnc2CNC(C)(C)C)O1. The Hall–Kier alpha value is -0.870. The van der Waals surface area contributed by atoms with Crippen LogP contribution in [0.25, 0.3) is 0 Å². The minimum absolute atomic E-state index is 0.0834. The number of rotatable bonds is 3. The van der Waals surface area contributed by atoms with Crippen LogP contribution in [0.2, 0.25) is 0 Å². The van der Waals surface area contributed by atoms with Crippen molar-refractivity contribution in [3.63, 3.8) is 0 Å². The average molecular weight is 238 g/mol. The molecule has 1 aromatic rings. The zero-order valence-electron chi connectivity index (χ0n) is 11.1. The predicted octanol–water partition coefficient (Wildman–Crippen LogP) is 2.80. The third-order valence-corrected chi connectivity index (χ3v) is 2.98. The van der Waals surface area contributed by atoms with Gasteiger partial charge in [0.05, 0.1) is 11.8 Å². The first-order chi connectivity index (χ1) is 7.96. The Morgan fingerprint density at radius 1 is 1.41 bits per heavy atom. The molecule has 4 heteroatoms. The van der Waals surface area contributed by atoms with E-state index in [0.29, 0.717) is 6.10 Å². The van der Waals surface area contributed by atoms with Crippen molar-refractivity contribution in [1.29, 1.82) is 0 Å². The summed E-state index contributed by atoms with van der Waals surface area (Å²) < 4.78 is 11.3. The average Bonchev–Trinajstić information content (AvgIpc) is 2.81. The van der Waals surface area contributed by atoms with Crippen LogP contribution in [0.1, 0.15) is 58.1 Å². The van der Waals surface area contributed by atoms with Crippen molar-refractivity contribution in [3.05, 3.63) is 17.8 Å². The highest BCUT2D eigenvalue weighted by Gasteiger charge is 2.28. The second-order valence-electron chi connectivity index (χ2n) is 5.78. The number of hydrogen-bond donors (Lipinski definition) is 1. The predicted molar refractivity (Wildman–Crippen MR) is 65.6 cm³/mol. The van der Waals surface area contributed by atoms with Crippen LogP contribution >= 0.6 is 0 Å². The Morgan fingerprint density at radius 2 is 2.18 bits per heavy atom. The van der Waals surface area contributed by atoms with Gasteiger partial charge in [-0.1, -0.05) is 0 Å². The fraction of sp³-hybridized carbons (Fsp3) is 0.769. The summed E-state index contributed by atoms with van der Waals surface area (Å²) in [6, 6.07) is 0. The van der Waals surface area contributed by atoms with E-state index >= 15 is 0 Å². The number of hydrogen-bond acceptors (Lipinski definition) is 4. The third kappa shape index (κ3) is 3.30. The minimum atomic E-state index is 0.0834. The summed E-state index contributed by atoms with van der Waals surface area (Å²) in [6.45, 7) is 9.25. The molecular formula is C13H22N2O2. The molecule has 0 spiro atoms. The first-order valence-electron chi connectivity index (χ1n) is 6.28. The molecule has 1 fully saturated rings. The summed E-state index contributed by atoms with van der Waals surface area (Å²) in [5, 5.41) is 3.42. The number of oxazole rings is 1. The van der Waals surface area contributed by atoms with Gasteiger partial charge in [-0.3, -0.25) is 0 Å². The normalized spacial score (nSPS) is 25.4. The molecule has 1 N–H and O–H groups in total. The van der Waals surface area contributed by atoms with E-state index in [4.69, 9.17) is 9.15 Å². The fourth-order valence-electron chi connectivity index (χ4n) is 2.02. The summed E-state index contributed by atoms with van der Waals surface area (Å²) in [5.74, 6) is 0.895. The molecule has 2 rings (SSSR count). The van der Waals surface area contributed by atoms with Crippen molar-refractivity contribution in [2.45, 2.75) is 64.8 Å². The minimum Gasteiger partial charge on any atom is -0.445 e. The molecule has 0 saturated carbocycles. The molecule has 0 bridgehead atoms. The van der Waals surface area contributed by atoms with Crippen LogP contribution in [0.5, 0.6) is 0 Å². The molecule has 1 aliphatic rings. The van der Waals surface area contributed by atoms with Crippen LogP contribution in [0, 0.1) is 0 Å². The van der Waals surface area contributed by atoms with E-state index in [-0.39, 0.29) is 11.6 Å². The van der Waals surface area contributed by atoms with E-state index in [9.17, 15) is 0 Å². The van der Waals surface area contributed by atoms with Crippen molar-refractivity contribution in [2.75, 3.05) is 0 Å². The molecule has 2 heterocycles. The van der Waals surface area contributed by atoms with E-state index in [1.165, 1.54) is 6.39 Å². The van der Waals surface area contributed by atoms with Gasteiger partial charge in [0, 0.05) is 12.1 Å². The number of aromatic nitrogens is 1. The highest BCUT2D eigenvalue weighted by molar-refractivity contribution is 5.12. The van der Waals surface area contributed by atoms with Crippen molar-refractivity contribution < 1.29 is 9.15 Å². The fourth-order valence-corrected chi connectivity index (χ4v) is 2.02. The lowest BCUT2D eigenvalue weighted by Crippen LogP contribution is -2.35. The summed E-state index contributed by atoms with van der Waals surface area (Å²) in [7, 11) is 0. The Kier molecular flexibility index (Phi) is 3.54. The van der Waals surface area contributed by atoms with Gasteiger partial charge in [0.2, 0.25) is 0 Å². The molecule has 1 aromatic heterocycles. The van der Waals surface area contributed by atoms with E-state index in [1.807, 2.05) is 0 Å². The van der Waals surface area contributed by atoms with Gasteiger partial charge in [-0.25, -0.2) is 4.98 Å².